The van der Waals surface area contributed by atoms with Crippen LogP contribution in [0.2, 0.25) is 5.02 Å². The van der Waals surface area contributed by atoms with E-state index in [9.17, 15) is 21.2 Å². The third-order valence-electron chi connectivity index (χ3n) is 3.96. The highest BCUT2D eigenvalue weighted by Gasteiger charge is 2.37. The number of sulfonamides is 2. The van der Waals surface area contributed by atoms with Gasteiger partial charge in [0, 0.05) is 11.1 Å². The van der Waals surface area contributed by atoms with Crippen molar-refractivity contribution in [3.05, 3.63) is 52.8 Å². The molecular weight excluding hydrogens is 391 g/mol. The minimum Gasteiger partial charge on any atom is -0.263 e. The molecule has 1 atom stereocenters. The molecule has 0 aliphatic carbocycles. The van der Waals surface area contributed by atoms with Gasteiger partial charge in [-0.3, -0.25) is 4.31 Å². The Morgan fingerprint density at radius 2 is 1.84 bits per heavy atom. The van der Waals surface area contributed by atoms with Gasteiger partial charge in [-0.25, -0.2) is 26.4 Å². The van der Waals surface area contributed by atoms with Crippen LogP contribution < -0.4 is 9.44 Å². The molecule has 10 heteroatoms. The fourth-order valence-corrected chi connectivity index (χ4v) is 5.38. The van der Waals surface area contributed by atoms with Crippen LogP contribution in [0.3, 0.4) is 0 Å². The average molecular weight is 405 g/mol. The van der Waals surface area contributed by atoms with Gasteiger partial charge >= 0.3 is 0 Å². The number of anilines is 1. The molecule has 3 rings (SSSR count). The summed E-state index contributed by atoms with van der Waals surface area (Å²) in [6, 6.07) is 6.76. The molecule has 0 bridgehead atoms. The lowest BCUT2D eigenvalue weighted by atomic mass is 10.1. The summed E-state index contributed by atoms with van der Waals surface area (Å²) in [5.41, 5.74) is 0.811. The highest BCUT2D eigenvalue weighted by Crippen LogP contribution is 2.38. The van der Waals surface area contributed by atoms with Crippen molar-refractivity contribution in [1.82, 2.24) is 0 Å². The van der Waals surface area contributed by atoms with Crippen LogP contribution in [0, 0.1) is 5.82 Å². The van der Waals surface area contributed by atoms with E-state index in [0.29, 0.717) is 11.3 Å². The van der Waals surface area contributed by atoms with Crippen LogP contribution >= 0.6 is 11.6 Å². The van der Waals surface area contributed by atoms with Crippen molar-refractivity contribution in [2.24, 2.45) is 5.14 Å². The zero-order valence-corrected chi connectivity index (χ0v) is 15.4. The maximum absolute atomic E-state index is 14.1. The van der Waals surface area contributed by atoms with Gasteiger partial charge in [-0.05, 0) is 55.3 Å². The largest absolute Gasteiger partial charge is 0.267 e. The van der Waals surface area contributed by atoms with Crippen molar-refractivity contribution < 1.29 is 21.2 Å². The van der Waals surface area contributed by atoms with E-state index in [2.05, 4.69) is 0 Å². The van der Waals surface area contributed by atoms with Crippen molar-refractivity contribution in [3.8, 4) is 0 Å². The molecule has 1 unspecified atom stereocenters. The monoisotopic (exact) mass is 404 g/mol. The van der Waals surface area contributed by atoms with Crippen LogP contribution in [-0.2, 0) is 26.5 Å². The van der Waals surface area contributed by atoms with E-state index in [4.69, 9.17) is 16.7 Å². The minimum absolute atomic E-state index is 0.0871. The normalized spacial score (nSPS) is 17.6. The summed E-state index contributed by atoms with van der Waals surface area (Å²) in [6.07, 6.45) is 0.285. The van der Waals surface area contributed by atoms with Crippen molar-refractivity contribution in [2.75, 3.05) is 4.31 Å². The zero-order chi connectivity index (χ0) is 18.6. The van der Waals surface area contributed by atoms with Crippen LogP contribution in [0.1, 0.15) is 12.5 Å². The van der Waals surface area contributed by atoms with Gasteiger partial charge in [-0.15, -0.1) is 0 Å². The van der Waals surface area contributed by atoms with Crippen molar-refractivity contribution >= 4 is 37.3 Å². The number of halogens is 2. The molecule has 134 valence electrons. The van der Waals surface area contributed by atoms with Crippen LogP contribution in [0.15, 0.2) is 46.2 Å². The molecule has 2 aromatic carbocycles. The molecule has 6 nitrogen and oxygen atoms in total. The summed E-state index contributed by atoms with van der Waals surface area (Å²) in [6.45, 7) is 1.65. The van der Waals surface area contributed by atoms with Gasteiger partial charge in [0.05, 0.1) is 10.6 Å². The minimum atomic E-state index is -4.18. The molecule has 25 heavy (non-hydrogen) atoms. The Morgan fingerprint density at radius 1 is 1.16 bits per heavy atom. The first-order chi connectivity index (χ1) is 11.5. The number of hydrogen-bond donors (Lipinski definition) is 1. The van der Waals surface area contributed by atoms with Crippen molar-refractivity contribution in [3.63, 3.8) is 0 Å². The molecule has 1 heterocycles. The predicted molar refractivity (Wildman–Crippen MR) is 92.1 cm³/mol. The Bertz CT molecular complexity index is 1070. The fourth-order valence-electron chi connectivity index (χ4n) is 2.91. The maximum atomic E-state index is 14.1. The highest BCUT2D eigenvalue weighted by atomic mass is 35.5. The summed E-state index contributed by atoms with van der Waals surface area (Å²) < 4.78 is 64.0. The standard InChI is InChI=1S/C15H14ClFN2O4S2/c1-9-6-10-7-12(24(18,20)21)3-4-14(10)19(9)25(22,23)15-5-2-11(16)8-13(15)17/h2-5,7-9H,6H2,1H3,(H2,18,20,21). The summed E-state index contributed by atoms with van der Waals surface area (Å²) >= 11 is 5.68. The van der Waals surface area contributed by atoms with Gasteiger partial charge in [-0.2, -0.15) is 0 Å². The fraction of sp³-hybridized carbons (Fsp3) is 0.200. The molecule has 2 N–H and O–H groups in total. The third-order valence-corrected chi connectivity index (χ3v) is 7.07. The Labute approximate surface area is 150 Å². The smallest absolute Gasteiger partial charge is 0.263 e. The number of fused-ring (bicyclic) bond motifs is 1. The van der Waals surface area contributed by atoms with Crippen molar-refractivity contribution in [2.45, 2.75) is 29.2 Å². The van der Waals surface area contributed by atoms with Gasteiger partial charge in [0.15, 0.2) is 0 Å². The zero-order valence-electron chi connectivity index (χ0n) is 13.0. The van der Waals surface area contributed by atoms with Crippen LogP contribution in [-0.4, -0.2) is 22.9 Å². The Hall–Kier alpha value is -1.68. The number of nitrogens with zero attached hydrogens (tertiary/aromatic N) is 1. The van der Waals surface area contributed by atoms with Crippen LogP contribution in [0.25, 0.3) is 0 Å². The topological polar surface area (TPSA) is 97.5 Å². The summed E-state index contributed by atoms with van der Waals surface area (Å²) in [5, 5.41) is 5.20. The van der Waals surface area contributed by atoms with E-state index in [1.807, 2.05) is 0 Å². The van der Waals surface area contributed by atoms with E-state index in [-0.39, 0.29) is 16.3 Å². The van der Waals surface area contributed by atoms with Gasteiger partial charge in [0.25, 0.3) is 10.0 Å². The lowest BCUT2D eigenvalue weighted by Gasteiger charge is -2.24. The molecule has 0 fully saturated rings. The van der Waals surface area contributed by atoms with Gasteiger partial charge < -0.3 is 0 Å². The molecule has 0 aromatic heterocycles. The third kappa shape index (κ3) is 3.12. The van der Waals surface area contributed by atoms with E-state index in [0.717, 1.165) is 16.4 Å². The molecule has 1 aliphatic rings. The second kappa shape index (κ2) is 5.94. The predicted octanol–water partition coefficient (Wildman–Crippen LogP) is 2.27. The van der Waals surface area contributed by atoms with Crippen molar-refractivity contribution in [1.29, 1.82) is 0 Å². The lowest BCUT2D eigenvalue weighted by Crippen LogP contribution is -2.36. The summed E-state index contributed by atoms with van der Waals surface area (Å²) in [5.74, 6) is -0.950. The van der Waals surface area contributed by atoms with E-state index < -0.39 is 36.8 Å². The quantitative estimate of drug-likeness (QED) is 0.848. The Kier molecular flexibility index (Phi) is 4.31. The molecule has 0 radical (unpaired) electrons. The first-order valence-electron chi connectivity index (χ1n) is 7.17. The van der Waals surface area contributed by atoms with Gasteiger partial charge in [0.1, 0.15) is 10.7 Å². The summed E-state index contributed by atoms with van der Waals surface area (Å²) in [7, 11) is -8.08. The average Bonchev–Trinajstić information content (AvgIpc) is 2.81. The maximum Gasteiger partial charge on any atom is 0.267 e. The lowest BCUT2D eigenvalue weighted by molar-refractivity contribution is 0.559. The second-order valence-corrected chi connectivity index (χ2v) is 9.55. The van der Waals surface area contributed by atoms with Gasteiger partial charge in [0.2, 0.25) is 10.0 Å². The molecule has 0 saturated heterocycles. The molecule has 1 aliphatic heterocycles. The molecule has 0 amide bonds. The first kappa shape index (κ1) is 18.1. The number of nitrogens with two attached hydrogens (primary N) is 1. The Balaban J connectivity index is 2.13. The van der Waals surface area contributed by atoms with Crippen LogP contribution in [0.4, 0.5) is 10.1 Å². The number of primary sulfonamides is 1. The molecule has 0 saturated carbocycles. The number of benzene rings is 2. The van der Waals surface area contributed by atoms with E-state index >= 15 is 0 Å². The first-order valence-corrected chi connectivity index (χ1v) is 10.5. The SMILES string of the molecule is CC1Cc2cc(S(N)(=O)=O)ccc2N1S(=O)(=O)c1ccc(Cl)cc1F. The molecular formula is C15H14ClFN2O4S2. The highest BCUT2D eigenvalue weighted by molar-refractivity contribution is 7.93. The van der Waals surface area contributed by atoms with E-state index in [1.165, 1.54) is 24.3 Å². The number of rotatable bonds is 3. The summed E-state index contributed by atoms with van der Waals surface area (Å²) in [4.78, 5) is -0.595. The van der Waals surface area contributed by atoms with Crippen LogP contribution in [0.5, 0.6) is 0 Å². The number of hydrogen-bond acceptors (Lipinski definition) is 4. The Morgan fingerprint density at radius 3 is 2.44 bits per heavy atom. The second-order valence-electron chi connectivity index (χ2n) is 5.76. The van der Waals surface area contributed by atoms with Gasteiger partial charge in [-0.1, -0.05) is 11.6 Å². The molecule has 0 spiro atoms. The molecule has 2 aromatic rings. The van der Waals surface area contributed by atoms with E-state index in [1.54, 1.807) is 6.92 Å².